The number of carbonyl (C=O) groups is 1. The van der Waals surface area contributed by atoms with Crippen LogP contribution in [0.1, 0.15) is 23.5 Å². The summed E-state index contributed by atoms with van der Waals surface area (Å²) in [6.45, 7) is 2.14. The molecule has 1 unspecified atom stereocenters. The summed E-state index contributed by atoms with van der Waals surface area (Å²) in [4.78, 5) is 14.3. The Morgan fingerprint density at radius 2 is 1.92 bits per heavy atom. The van der Waals surface area contributed by atoms with E-state index in [2.05, 4.69) is 17.4 Å². The Bertz CT molecular complexity index is 690. The number of nitrogens with one attached hydrogen (secondary N) is 1. The lowest BCUT2D eigenvalue weighted by Crippen LogP contribution is -2.38. The summed E-state index contributed by atoms with van der Waals surface area (Å²) < 4.78 is 5.50. The molecular weight excluding hydrogens is 316 g/mol. The molecule has 0 aliphatic carbocycles. The monoisotopic (exact) mass is 340 g/mol. The van der Waals surface area contributed by atoms with Crippen molar-refractivity contribution in [2.75, 3.05) is 26.3 Å². The Morgan fingerprint density at radius 3 is 2.72 bits per heavy atom. The number of ether oxygens (including phenoxy) is 1. The normalized spacial score (nSPS) is 16.7. The van der Waals surface area contributed by atoms with Gasteiger partial charge in [-0.15, -0.1) is 0 Å². The van der Waals surface area contributed by atoms with Crippen LogP contribution in [-0.2, 0) is 6.54 Å². The number of aliphatic hydroxyl groups is 1. The molecule has 2 amide bonds. The number of hydrogen-bond acceptors (Lipinski definition) is 3. The topological polar surface area (TPSA) is 61.8 Å². The standard InChI is InChI=1S/C20H24N2O3/c23-12-13-25-19-9-5-4-8-17(19)14-21-20(24)22-11-10-18(15-22)16-6-2-1-3-7-16/h1-9,18,23H,10-15H2,(H,21,24). The van der Waals surface area contributed by atoms with Crippen molar-refractivity contribution in [2.24, 2.45) is 0 Å². The highest BCUT2D eigenvalue weighted by molar-refractivity contribution is 5.74. The average molecular weight is 340 g/mol. The summed E-state index contributed by atoms with van der Waals surface area (Å²) in [6.07, 6.45) is 0.994. The molecule has 0 saturated carbocycles. The third-order valence-corrected chi connectivity index (χ3v) is 4.50. The Morgan fingerprint density at radius 1 is 1.16 bits per heavy atom. The van der Waals surface area contributed by atoms with E-state index in [0.29, 0.717) is 18.2 Å². The van der Waals surface area contributed by atoms with E-state index in [1.807, 2.05) is 47.4 Å². The van der Waals surface area contributed by atoms with E-state index in [1.54, 1.807) is 0 Å². The zero-order chi connectivity index (χ0) is 17.5. The number of likely N-dealkylation sites (tertiary alicyclic amines) is 1. The Labute approximate surface area is 148 Å². The van der Waals surface area contributed by atoms with Crippen molar-refractivity contribution in [3.05, 3.63) is 65.7 Å². The Balaban J connectivity index is 1.54. The Kier molecular flexibility index (Phi) is 5.90. The van der Waals surface area contributed by atoms with E-state index in [9.17, 15) is 4.79 Å². The fourth-order valence-corrected chi connectivity index (χ4v) is 3.17. The number of amides is 2. The van der Waals surface area contributed by atoms with Crippen LogP contribution >= 0.6 is 0 Å². The highest BCUT2D eigenvalue weighted by Gasteiger charge is 2.27. The van der Waals surface area contributed by atoms with Crippen LogP contribution in [0.25, 0.3) is 0 Å². The fourth-order valence-electron chi connectivity index (χ4n) is 3.17. The minimum atomic E-state index is -0.0459. The maximum Gasteiger partial charge on any atom is 0.317 e. The molecule has 1 saturated heterocycles. The van der Waals surface area contributed by atoms with Crippen molar-refractivity contribution in [3.8, 4) is 5.75 Å². The number of rotatable bonds is 6. The molecule has 5 nitrogen and oxygen atoms in total. The van der Waals surface area contributed by atoms with E-state index < -0.39 is 0 Å². The zero-order valence-corrected chi connectivity index (χ0v) is 14.2. The second-order valence-corrected chi connectivity index (χ2v) is 6.18. The summed E-state index contributed by atoms with van der Waals surface area (Å²) >= 11 is 0. The minimum absolute atomic E-state index is 0.0324. The van der Waals surface area contributed by atoms with Crippen LogP contribution in [0.3, 0.4) is 0 Å². The Hall–Kier alpha value is -2.53. The molecule has 0 bridgehead atoms. The number of hydrogen-bond donors (Lipinski definition) is 2. The molecule has 25 heavy (non-hydrogen) atoms. The molecular formula is C20H24N2O3. The quantitative estimate of drug-likeness (QED) is 0.850. The van der Waals surface area contributed by atoms with Crippen LogP contribution in [0.2, 0.25) is 0 Å². The number of aliphatic hydroxyl groups excluding tert-OH is 1. The van der Waals surface area contributed by atoms with Crippen LogP contribution in [0.5, 0.6) is 5.75 Å². The minimum Gasteiger partial charge on any atom is -0.491 e. The molecule has 0 radical (unpaired) electrons. The summed E-state index contributed by atoms with van der Waals surface area (Å²) in [5.41, 5.74) is 2.20. The van der Waals surface area contributed by atoms with Gasteiger partial charge in [-0.05, 0) is 18.1 Å². The molecule has 1 aliphatic heterocycles. The number of carbonyl (C=O) groups excluding carboxylic acids is 1. The lowest BCUT2D eigenvalue weighted by molar-refractivity contribution is 0.198. The van der Waals surface area contributed by atoms with E-state index in [-0.39, 0.29) is 19.2 Å². The lowest BCUT2D eigenvalue weighted by atomic mass is 9.99. The number of para-hydroxylation sites is 1. The summed E-state index contributed by atoms with van der Waals surface area (Å²) in [5, 5.41) is 11.9. The van der Waals surface area contributed by atoms with Crippen molar-refractivity contribution >= 4 is 6.03 Å². The number of urea groups is 1. The van der Waals surface area contributed by atoms with Gasteiger partial charge in [-0.1, -0.05) is 48.5 Å². The van der Waals surface area contributed by atoms with Gasteiger partial charge in [-0.2, -0.15) is 0 Å². The third kappa shape index (κ3) is 4.51. The van der Waals surface area contributed by atoms with Gasteiger partial charge in [-0.3, -0.25) is 0 Å². The van der Waals surface area contributed by atoms with Gasteiger partial charge in [-0.25, -0.2) is 4.79 Å². The zero-order valence-electron chi connectivity index (χ0n) is 14.2. The highest BCUT2D eigenvalue weighted by atomic mass is 16.5. The van der Waals surface area contributed by atoms with Gasteiger partial charge in [0.2, 0.25) is 0 Å². The van der Waals surface area contributed by atoms with Gasteiger partial charge < -0.3 is 20.1 Å². The SMILES string of the molecule is O=C(NCc1ccccc1OCCO)N1CCC(c2ccccc2)C1. The first-order valence-electron chi connectivity index (χ1n) is 8.67. The van der Waals surface area contributed by atoms with Gasteiger partial charge in [0.05, 0.1) is 6.61 Å². The van der Waals surface area contributed by atoms with Crippen LogP contribution in [0, 0.1) is 0 Å². The largest absolute Gasteiger partial charge is 0.491 e. The van der Waals surface area contributed by atoms with Crippen LogP contribution in [0.4, 0.5) is 4.79 Å². The molecule has 2 aromatic carbocycles. The molecule has 1 fully saturated rings. The summed E-state index contributed by atoms with van der Waals surface area (Å²) in [7, 11) is 0. The fraction of sp³-hybridized carbons (Fsp3) is 0.350. The van der Waals surface area contributed by atoms with Crippen LogP contribution in [0.15, 0.2) is 54.6 Å². The van der Waals surface area contributed by atoms with Crippen molar-refractivity contribution < 1.29 is 14.6 Å². The first kappa shape index (κ1) is 17.3. The molecule has 1 heterocycles. The van der Waals surface area contributed by atoms with Crippen molar-refractivity contribution in [3.63, 3.8) is 0 Å². The van der Waals surface area contributed by atoms with Crippen molar-refractivity contribution in [2.45, 2.75) is 18.9 Å². The molecule has 0 spiro atoms. The second-order valence-electron chi connectivity index (χ2n) is 6.18. The van der Waals surface area contributed by atoms with Gasteiger partial charge in [0.25, 0.3) is 0 Å². The van der Waals surface area contributed by atoms with E-state index >= 15 is 0 Å². The summed E-state index contributed by atoms with van der Waals surface area (Å²) in [6, 6.07) is 17.9. The summed E-state index contributed by atoms with van der Waals surface area (Å²) in [5.74, 6) is 1.10. The van der Waals surface area contributed by atoms with Gasteiger partial charge in [0, 0.05) is 31.1 Å². The maximum atomic E-state index is 12.5. The van der Waals surface area contributed by atoms with Crippen molar-refractivity contribution in [1.29, 1.82) is 0 Å². The second kappa shape index (κ2) is 8.53. The number of benzene rings is 2. The van der Waals surface area contributed by atoms with Crippen molar-refractivity contribution in [1.82, 2.24) is 10.2 Å². The molecule has 132 valence electrons. The van der Waals surface area contributed by atoms with E-state index in [1.165, 1.54) is 5.56 Å². The van der Waals surface area contributed by atoms with Gasteiger partial charge in [0.15, 0.2) is 0 Å². The smallest absolute Gasteiger partial charge is 0.317 e. The van der Waals surface area contributed by atoms with E-state index in [0.717, 1.165) is 25.1 Å². The van der Waals surface area contributed by atoms with E-state index in [4.69, 9.17) is 9.84 Å². The molecule has 2 aromatic rings. The molecule has 3 rings (SSSR count). The van der Waals surface area contributed by atoms with Crippen LogP contribution < -0.4 is 10.1 Å². The molecule has 1 atom stereocenters. The molecule has 2 N–H and O–H groups in total. The van der Waals surface area contributed by atoms with Crippen LogP contribution in [-0.4, -0.2) is 42.3 Å². The molecule has 5 heteroatoms. The molecule has 0 aromatic heterocycles. The predicted octanol–water partition coefficient (Wildman–Crippen LogP) is 2.76. The average Bonchev–Trinajstić information content (AvgIpc) is 3.16. The first-order valence-corrected chi connectivity index (χ1v) is 8.67. The van der Waals surface area contributed by atoms with Gasteiger partial charge in [0.1, 0.15) is 12.4 Å². The van der Waals surface area contributed by atoms with Gasteiger partial charge >= 0.3 is 6.03 Å². The number of nitrogens with zero attached hydrogens (tertiary/aromatic N) is 1. The highest BCUT2D eigenvalue weighted by Crippen LogP contribution is 2.27. The first-order chi connectivity index (χ1) is 12.3. The molecule has 1 aliphatic rings. The third-order valence-electron chi connectivity index (χ3n) is 4.50. The lowest BCUT2D eigenvalue weighted by Gasteiger charge is -2.18. The predicted molar refractivity (Wildman–Crippen MR) is 96.6 cm³/mol. The maximum absolute atomic E-state index is 12.5.